The van der Waals surface area contributed by atoms with Crippen molar-refractivity contribution in [2.75, 3.05) is 11.9 Å². The molecule has 0 aliphatic carbocycles. The standard InChI is InChI=1S/C17H18N4O3S2/c1-11(2)26(23,24)21-7-6-14-15(10-21)25-17(19-14)20-16(22)13-5-3-4-12(8-13)9-18/h3-5,8,11H,6-7,10H2,1-2H3,(H,19,20,22). The van der Waals surface area contributed by atoms with Crippen LogP contribution in [0.5, 0.6) is 0 Å². The van der Waals surface area contributed by atoms with E-state index in [1.165, 1.54) is 21.7 Å². The van der Waals surface area contributed by atoms with E-state index >= 15 is 0 Å². The fraction of sp³-hybridized carbons (Fsp3) is 0.353. The summed E-state index contributed by atoms with van der Waals surface area (Å²) in [5.74, 6) is -0.347. The molecule has 0 saturated carbocycles. The number of carbonyl (C=O) groups is 1. The number of nitrogens with zero attached hydrogens (tertiary/aromatic N) is 3. The zero-order chi connectivity index (χ0) is 18.9. The summed E-state index contributed by atoms with van der Waals surface area (Å²) in [5, 5.41) is 11.6. The van der Waals surface area contributed by atoms with Gasteiger partial charge in [-0.05, 0) is 32.0 Å². The van der Waals surface area contributed by atoms with Crippen LogP contribution in [0.25, 0.3) is 0 Å². The molecule has 26 heavy (non-hydrogen) atoms. The maximum absolute atomic E-state index is 12.3. The number of carbonyl (C=O) groups excluding carboxylic acids is 1. The van der Waals surface area contributed by atoms with Gasteiger partial charge >= 0.3 is 0 Å². The number of rotatable bonds is 4. The van der Waals surface area contributed by atoms with Crippen LogP contribution in [0, 0.1) is 11.3 Å². The van der Waals surface area contributed by atoms with Gasteiger partial charge in [0.1, 0.15) is 0 Å². The van der Waals surface area contributed by atoms with Gasteiger partial charge < -0.3 is 0 Å². The molecule has 1 aromatic carbocycles. The second-order valence-corrected chi connectivity index (χ2v) is 9.79. The van der Waals surface area contributed by atoms with Crippen molar-refractivity contribution in [3.05, 3.63) is 46.0 Å². The van der Waals surface area contributed by atoms with Gasteiger partial charge in [-0.25, -0.2) is 13.4 Å². The minimum Gasteiger partial charge on any atom is -0.298 e. The highest BCUT2D eigenvalue weighted by atomic mass is 32.2. The summed E-state index contributed by atoms with van der Waals surface area (Å²) in [7, 11) is -3.31. The summed E-state index contributed by atoms with van der Waals surface area (Å²) >= 11 is 1.29. The van der Waals surface area contributed by atoms with E-state index in [0.29, 0.717) is 29.2 Å². The van der Waals surface area contributed by atoms with Crippen molar-refractivity contribution >= 4 is 32.4 Å². The molecule has 1 aliphatic rings. The van der Waals surface area contributed by atoms with Crippen LogP contribution in [0.3, 0.4) is 0 Å². The second-order valence-electron chi connectivity index (χ2n) is 6.21. The Morgan fingerprint density at radius 3 is 2.88 bits per heavy atom. The lowest BCUT2D eigenvalue weighted by Crippen LogP contribution is -2.39. The van der Waals surface area contributed by atoms with Crippen LogP contribution in [-0.4, -0.2) is 35.4 Å². The normalized spacial score (nSPS) is 14.7. The molecule has 0 spiro atoms. The molecule has 0 saturated heterocycles. The number of amides is 1. The summed E-state index contributed by atoms with van der Waals surface area (Å²) in [5.41, 5.74) is 1.61. The average Bonchev–Trinajstić information content (AvgIpc) is 3.02. The van der Waals surface area contributed by atoms with E-state index in [1.807, 2.05) is 6.07 Å². The van der Waals surface area contributed by atoms with Gasteiger partial charge in [0.05, 0.1) is 22.6 Å². The van der Waals surface area contributed by atoms with Crippen molar-refractivity contribution in [1.29, 1.82) is 5.26 Å². The molecule has 0 radical (unpaired) electrons. The van der Waals surface area contributed by atoms with Crippen molar-refractivity contribution in [2.45, 2.75) is 32.1 Å². The lowest BCUT2D eigenvalue weighted by molar-refractivity contribution is 0.102. The zero-order valence-corrected chi connectivity index (χ0v) is 16.0. The van der Waals surface area contributed by atoms with E-state index < -0.39 is 15.3 Å². The second kappa shape index (κ2) is 7.15. The first-order valence-corrected chi connectivity index (χ1v) is 10.4. The molecule has 0 atom stereocenters. The Morgan fingerprint density at radius 2 is 2.19 bits per heavy atom. The number of anilines is 1. The molecule has 9 heteroatoms. The number of hydrogen-bond donors (Lipinski definition) is 1. The minimum atomic E-state index is -3.31. The summed E-state index contributed by atoms with van der Waals surface area (Å²) in [6.07, 6.45) is 0.525. The van der Waals surface area contributed by atoms with Gasteiger partial charge in [-0.1, -0.05) is 6.07 Å². The first-order chi connectivity index (χ1) is 12.3. The molecule has 1 amide bonds. The van der Waals surface area contributed by atoms with Crippen LogP contribution in [0.4, 0.5) is 5.13 Å². The predicted octanol–water partition coefficient (Wildman–Crippen LogP) is 2.36. The quantitative estimate of drug-likeness (QED) is 0.863. The van der Waals surface area contributed by atoms with Crippen molar-refractivity contribution in [3.8, 4) is 6.07 Å². The van der Waals surface area contributed by atoms with Crippen molar-refractivity contribution in [1.82, 2.24) is 9.29 Å². The molecule has 1 aliphatic heterocycles. The largest absolute Gasteiger partial charge is 0.298 e. The molecule has 1 N–H and O–H groups in total. The van der Waals surface area contributed by atoms with Crippen LogP contribution in [-0.2, 0) is 23.0 Å². The third-order valence-electron chi connectivity index (χ3n) is 4.13. The number of nitriles is 1. The smallest absolute Gasteiger partial charge is 0.257 e. The highest BCUT2D eigenvalue weighted by Crippen LogP contribution is 2.30. The molecule has 0 fully saturated rings. The van der Waals surface area contributed by atoms with E-state index in [1.54, 1.807) is 32.0 Å². The Balaban J connectivity index is 1.76. The number of nitrogens with one attached hydrogen (secondary N) is 1. The van der Waals surface area contributed by atoms with Crippen LogP contribution < -0.4 is 5.32 Å². The summed E-state index contributed by atoms with van der Waals surface area (Å²) in [6, 6.07) is 8.41. The Kier molecular flexibility index (Phi) is 5.09. The number of hydrogen-bond acceptors (Lipinski definition) is 6. The Morgan fingerprint density at radius 1 is 1.42 bits per heavy atom. The summed E-state index contributed by atoms with van der Waals surface area (Å²) in [6.45, 7) is 4.01. The van der Waals surface area contributed by atoms with Crippen molar-refractivity contribution in [3.63, 3.8) is 0 Å². The van der Waals surface area contributed by atoms with E-state index in [0.717, 1.165) is 10.6 Å². The summed E-state index contributed by atoms with van der Waals surface area (Å²) < 4.78 is 26.2. The third kappa shape index (κ3) is 3.62. The van der Waals surface area contributed by atoms with E-state index in [9.17, 15) is 13.2 Å². The van der Waals surface area contributed by atoms with Gasteiger partial charge in [0, 0.05) is 30.0 Å². The monoisotopic (exact) mass is 390 g/mol. The van der Waals surface area contributed by atoms with Gasteiger partial charge in [0.25, 0.3) is 5.91 Å². The fourth-order valence-corrected chi connectivity index (χ4v) is 4.99. The highest BCUT2D eigenvalue weighted by Gasteiger charge is 2.31. The highest BCUT2D eigenvalue weighted by molar-refractivity contribution is 7.89. The summed E-state index contributed by atoms with van der Waals surface area (Å²) in [4.78, 5) is 17.6. The van der Waals surface area contributed by atoms with Gasteiger partial charge in [-0.15, -0.1) is 11.3 Å². The number of fused-ring (bicyclic) bond motifs is 1. The zero-order valence-electron chi connectivity index (χ0n) is 14.4. The molecule has 2 heterocycles. The first kappa shape index (κ1) is 18.5. The number of thiazole rings is 1. The number of sulfonamides is 1. The van der Waals surface area contributed by atoms with Gasteiger partial charge in [0.15, 0.2) is 5.13 Å². The number of benzene rings is 1. The van der Waals surface area contributed by atoms with Crippen LogP contribution in [0.15, 0.2) is 24.3 Å². The van der Waals surface area contributed by atoms with Crippen molar-refractivity contribution in [2.24, 2.45) is 0 Å². The Bertz CT molecular complexity index is 990. The molecule has 3 rings (SSSR count). The van der Waals surface area contributed by atoms with Crippen LogP contribution >= 0.6 is 11.3 Å². The predicted molar refractivity (Wildman–Crippen MR) is 99.4 cm³/mol. The van der Waals surface area contributed by atoms with Gasteiger partial charge in [-0.2, -0.15) is 9.57 Å². The lowest BCUT2D eigenvalue weighted by atomic mass is 10.1. The molecular weight excluding hydrogens is 372 g/mol. The van der Waals surface area contributed by atoms with Gasteiger partial charge in [-0.3, -0.25) is 10.1 Å². The van der Waals surface area contributed by atoms with Crippen LogP contribution in [0.2, 0.25) is 0 Å². The van der Waals surface area contributed by atoms with Gasteiger partial charge in [0.2, 0.25) is 10.0 Å². The maximum atomic E-state index is 12.3. The Labute approximate surface area is 156 Å². The molecule has 0 bridgehead atoms. The van der Waals surface area contributed by atoms with E-state index in [2.05, 4.69) is 10.3 Å². The molecule has 1 aromatic heterocycles. The first-order valence-electron chi connectivity index (χ1n) is 8.10. The third-order valence-corrected chi connectivity index (χ3v) is 7.35. The van der Waals surface area contributed by atoms with Crippen LogP contribution in [0.1, 0.15) is 40.3 Å². The molecule has 0 unspecified atom stereocenters. The molecular formula is C17H18N4O3S2. The lowest BCUT2D eigenvalue weighted by Gasteiger charge is -2.26. The Hall–Kier alpha value is -2.28. The molecule has 7 nitrogen and oxygen atoms in total. The topological polar surface area (TPSA) is 103 Å². The van der Waals surface area contributed by atoms with Crippen molar-refractivity contribution < 1.29 is 13.2 Å². The molecule has 2 aromatic rings. The SMILES string of the molecule is CC(C)S(=O)(=O)N1CCc2nc(NC(=O)c3cccc(C#N)c3)sc2C1. The fourth-order valence-electron chi connectivity index (χ4n) is 2.64. The van der Waals surface area contributed by atoms with E-state index in [-0.39, 0.29) is 12.5 Å². The minimum absolute atomic E-state index is 0.285. The maximum Gasteiger partial charge on any atom is 0.257 e. The van der Waals surface area contributed by atoms with E-state index in [4.69, 9.17) is 5.26 Å². The average molecular weight is 390 g/mol. The number of aromatic nitrogens is 1. The molecule has 136 valence electrons.